The van der Waals surface area contributed by atoms with Gasteiger partial charge in [0.1, 0.15) is 5.75 Å². The number of rotatable bonds is 3. The van der Waals surface area contributed by atoms with E-state index in [0.717, 1.165) is 19.3 Å². The first-order valence-corrected chi connectivity index (χ1v) is 7.33. The molecule has 0 amide bonds. The predicted molar refractivity (Wildman–Crippen MR) is 77.7 cm³/mol. The van der Waals surface area contributed by atoms with Gasteiger partial charge in [-0.1, -0.05) is 25.5 Å². The molecule has 1 aliphatic carbocycles. The summed E-state index contributed by atoms with van der Waals surface area (Å²) in [7, 11) is 1.50. The lowest BCUT2D eigenvalue weighted by molar-refractivity contribution is 0.0587. The highest BCUT2D eigenvalue weighted by atomic mass is 16.5. The third kappa shape index (κ3) is 2.15. The third-order valence-corrected chi connectivity index (χ3v) is 4.08. The van der Waals surface area contributed by atoms with Crippen molar-refractivity contribution in [3.8, 4) is 5.75 Å². The third-order valence-electron chi connectivity index (χ3n) is 4.08. The van der Waals surface area contributed by atoms with E-state index in [1.165, 1.54) is 7.11 Å². The van der Waals surface area contributed by atoms with Crippen molar-refractivity contribution >= 4 is 11.6 Å². The van der Waals surface area contributed by atoms with Gasteiger partial charge in [-0.15, -0.1) is 0 Å². The number of allylic oxidation sites excluding steroid dienone is 2. The molecule has 1 atom stereocenters. The van der Waals surface area contributed by atoms with E-state index < -0.39 is 0 Å². The van der Waals surface area contributed by atoms with Gasteiger partial charge in [0.2, 0.25) is 5.78 Å². The first kappa shape index (κ1) is 13.9. The molecule has 1 heterocycles. The number of benzene rings is 1. The van der Waals surface area contributed by atoms with Crippen LogP contribution in [-0.2, 0) is 4.74 Å². The Morgan fingerprint density at radius 3 is 2.81 bits per heavy atom. The van der Waals surface area contributed by atoms with Crippen molar-refractivity contribution in [2.75, 3.05) is 7.11 Å². The van der Waals surface area contributed by atoms with E-state index in [9.17, 15) is 9.59 Å². The lowest BCUT2D eigenvalue weighted by Gasteiger charge is -2.30. The van der Waals surface area contributed by atoms with E-state index in [2.05, 4.69) is 6.92 Å². The predicted octanol–water partition coefficient (Wildman–Crippen LogP) is 3.31. The van der Waals surface area contributed by atoms with E-state index in [-0.39, 0.29) is 23.4 Å². The van der Waals surface area contributed by atoms with E-state index in [1.807, 2.05) is 0 Å². The average molecular weight is 286 g/mol. The molecule has 0 N–H and O–H groups in total. The van der Waals surface area contributed by atoms with Crippen molar-refractivity contribution in [2.45, 2.75) is 38.7 Å². The Bertz CT molecular complexity index is 642. The topological polar surface area (TPSA) is 52.6 Å². The minimum absolute atomic E-state index is 0.0294. The van der Waals surface area contributed by atoms with Crippen LogP contribution in [-0.4, -0.2) is 24.8 Å². The van der Waals surface area contributed by atoms with Gasteiger partial charge >= 0.3 is 0 Å². The number of carbonyl (C=O) groups excluding carboxylic acids is 2. The van der Waals surface area contributed by atoms with Gasteiger partial charge in [0.05, 0.1) is 18.8 Å². The number of ether oxygens (including phenoxy) is 2. The van der Waals surface area contributed by atoms with Gasteiger partial charge in [0.25, 0.3) is 0 Å². The van der Waals surface area contributed by atoms with E-state index in [1.54, 1.807) is 18.2 Å². The molecule has 1 unspecified atom stereocenters. The fourth-order valence-corrected chi connectivity index (χ4v) is 3.05. The fourth-order valence-electron chi connectivity index (χ4n) is 3.05. The van der Waals surface area contributed by atoms with Gasteiger partial charge in [-0.2, -0.15) is 0 Å². The Kier molecular flexibility index (Phi) is 3.53. The van der Waals surface area contributed by atoms with Crippen molar-refractivity contribution in [3.63, 3.8) is 0 Å². The Morgan fingerprint density at radius 2 is 2.10 bits per heavy atom. The Hall–Kier alpha value is -2.10. The normalized spacial score (nSPS) is 20.8. The van der Waals surface area contributed by atoms with Crippen molar-refractivity contribution < 1.29 is 19.1 Å². The molecule has 21 heavy (non-hydrogen) atoms. The minimum Gasteiger partial charge on any atom is -0.496 e. The van der Waals surface area contributed by atoms with E-state index >= 15 is 0 Å². The van der Waals surface area contributed by atoms with Gasteiger partial charge in [0.15, 0.2) is 11.5 Å². The Balaban J connectivity index is 2.06. The molecule has 0 bridgehead atoms. The quantitative estimate of drug-likeness (QED) is 0.855. The standard InChI is InChI=1S/C17H18O4/c1-3-5-10-8-9-12-15(18)11-6-4-7-13(20-2)14(11)16(19)17(12)21-10/h4,6-7,10H,3,5,8-9H2,1-2H3. The zero-order chi connectivity index (χ0) is 15.0. The van der Waals surface area contributed by atoms with Crippen LogP contribution in [0.1, 0.15) is 53.3 Å². The number of hydrogen-bond acceptors (Lipinski definition) is 4. The largest absolute Gasteiger partial charge is 0.496 e. The molecule has 0 saturated carbocycles. The summed E-state index contributed by atoms with van der Waals surface area (Å²) in [5, 5.41) is 0. The molecule has 0 saturated heterocycles. The van der Waals surface area contributed by atoms with Crippen molar-refractivity contribution in [1.82, 2.24) is 0 Å². The molecular weight excluding hydrogens is 268 g/mol. The number of Topliss-reactive ketones (excluding diaryl/α,β-unsaturated/α-hetero) is 2. The molecule has 110 valence electrons. The van der Waals surface area contributed by atoms with Gasteiger partial charge in [0, 0.05) is 11.1 Å². The van der Waals surface area contributed by atoms with E-state index in [0.29, 0.717) is 28.9 Å². The van der Waals surface area contributed by atoms with Gasteiger partial charge in [-0.05, 0) is 25.3 Å². The van der Waals surface area contributed by atoms with Crippen LogP contribution >= 0.6 is 0 Å². The molecule has 1 aromatic carbocycles. The van der Waals surface area contributed by atoms with Crippen LogP contribution in [0.15, 0.2) is 29.5 Å². The second-order valence-electron chi connectivity index (χ2n) is 5.42. The second kappa shape index (κ2) is 5.35. The summed E-state index contributed by atoms with van der Waals surface area (Å²) in [4.78, 5) is 25.3. The zero-order valence-corrected chi connectivity index (χ0v) is 12.3. The van der Waals surface area contributed by atoms with Crippen LogP contribution < -0.4 is 4.74 Å². The monoisotopic (exact) mass is 286 g/mol. The number of fused-ring (bicyclic) bond motifs is 1. The summed E-state index contributed by atoms with van der Waals surface area (Å²) in [6, 6.07) is 5.11. The van der Waals surface area contributed by atoms with Crippen molar-refractivity contribution in [3.05, 3.63) is 40.7 Å². The number of methoxy groups -OCH3 is 1. The fraction of sp³-hybridized carbons (Fsp3) is 0.412. The molecule has 0 spiro atoms. The van der Waals surface area contributed by atoms with Crippen LogP contribution in [0.4, 0.5) is 0 Å². The van der Waals surface area contributed by atoms with Crippen LogP contribution in [0.2, 0.25) is 0 Å². The van der Waals surface area contributed by atoms with E-state index in [4.69, 9.17) is 9.47 Å². The van der Waals surface area contributed by atoms with Crippen LogP contribution in [0.5, 0.6) is 5.75 Å². The summed E-state index contributed by atoms with van der Waals surface area (Å²) < 4.78 is 11.1. The van der Waals surface area contributed by atoms with Gasteiger partial charge in [-0.25, -0.2) is 0 Å². The van der Waals surface area contributed by atoms with Crippen molar-refractivity contribution in [2.24, 2.45) is 0 Å². The van der Waals surface area contributed by atoms with Crippen LogP contribution in [0.25, 0.3) is 0 Å². The molecule has 2 aliphatic rings. The summed E-state index contributed by atoms with van der Waals surface area (Å²) in [5.41, 5.74) is 1.28. The highest BCUT2D eigenvalue weighted by Crippen LogP contribution is 2.38. The highest BCUT2D eigenvalue weighted by molar-refractivity contribution is 6.27. The molecule has 0 radical (unpaired) electrons. The minimum atomic E-state index is -0.224. The molecule has 1 aromatic rings. The number of hydrogen-bond donors (Lipinski definition) is 0. The number of carbonyl (C=O) groups is 2. The highest BCUT2D eigenvalue weighted by Gasteiger charge is 2.38. The van der Waals surface area contributed by atoms with Gasteiger partial charge in [-0.3, -0.25) is 9.59 Å². The first-order chi connectivity index (χ1) is 10.2. The SMILES string of the molecule is CCCC1CCC2=C(O1)C(=O)c1c(OC)cccc1C2=O. The van der Waals surface area contributed by atoms with Crippen molar-refractivity contribution in [1.29, 1.82) is 0 Å². The molecule has 0 aromatic heterocycles. The Labute approximate surface area is 123 Å². The summed E-state index contributed by atoms with van der Waals surface area (Å²) in [6.45, 7) is 2.08. The summed E-state index contributed by atoms with van der Waals surface area (Å²) in [5.74, 6) is 0.339. The molecule has 4 heteroatoms. The molecule has 4 nitrogen and oxygen atoms in total. The van der Waals surface area contributed by atoms with Gasteiger partial charge < -0.3 is 9.47 Å². The van der Waals surface area contributed by atoms with Crippen LogP contribution in [0, 0.1) is 0 Å². The maximum absolute atomic E-state index is 12.7. The molecule has 3 rings (SSSR count). The molecule has 1 aliphatic heterocycles. The molecule has 0 fully saturated rings. The summed E-state index contributed by atoms with van der Waals surface area (Å²) in [6.07, 6.45) is 3.33. The second-order valence-corrected chi connectivity index (χ2v) is 5.42. The number of ketones is 2. The average Bonchev–Trinajstić information content (AvgIpc) is 2.52. The Morgan fingerprint density at radius 1 is 1.29 bits per heavy atom. The maximum atomic E-state index is 12.7. The first-order valence-electron chi connectivity index (χ1n) is 7.33. The zero-order valence-electron chi connectivity index (χ0n) is 12.3. The molecular formula is C17H18O4. The van der Waals surface area contributed by atoms with Crippen LogP contribution in [0.3, 0.4) is 0 Å². The summed E-state index contributed by atoms with van der Waals surface area (Å²) >= 11 is 0. The lowest BCUT2D eigenvalue weighted by atomic mass is 9.83. The maximum Gasteiger partial charge on any atom is 0.232 e. The smallest absolute Gasteiger partial charge is 0.232 e. The lowest BCUT2D eigenvalue weighted by Crippen LogP contribution is -2.31.